The number of halogens is 1. The Bertz CT molecular complexity index is 662. The molecule has 0 spiro atoms. The molecule has 7 heteroatoms. The molecule has 0 aliphatic heterocycles. The van der Waals surface area contributed by atoms with E-state index in [1.54, 1.807) is 33.8 Å². The molecule has 0 unspecified atom stereocenters. The molecular formula is C16H23FO5S. The van der Waals surface area contributed by atoms with Crippen LogP contribution in [0.2, 0.25) is 0 Å². The molecule has 1 rings (SSSR count). The number of hydrogen-bond acceptors (Lipinski definition) is 5. The summed E-state index contributed by atoms with van der Waals surface area (Å²) in [7, 11) is -3.69. The van der Waals surface area contributed by atoms with Crippen LogP contribution in [-0.2, 0) is 30.4 Å². The van der Waals surface area contributed by atoms with Crippen molar-refractivity contribution in [2.24, 2.45) is 0 Å². The third-order valence-electron chi connectivity index (χ3n) is 3.00. The summed E-state index contributed by atoms with van der Waals surface area (Å²) in [6, 6.07) is 4.39. The molecule has 5 nitrogen and oxygen atoms in total. The van der Waals surface area contributed by atoms with Crippen LogP contribution < -0.4 is 0 Å². The van der Waals surface area contributed by atoms with Gasteiger partial charge in [-0.3, -0.25) is 8.98 Å². The van der Waals surface area contributed by atoms with Crippen LogP contribution in [0.4, 0.5) is 4.39 Å². The van der Waals surface area contributed by atoms with Crippen LogP contribution in [0.15, 0.2) is 18.2 Å². The number of ether oxygens (including phenoxy) is 1. The maximum Gasteiger partial charge on any atom is 0.306 e. The summed E-state index contributed by atoms with van der Waals surface area (Å²) in [5, 5.41) is 0. The quantitative estimate of drug-likeness (QED) is 0.585. The van der Waals surface area contributed by atoms with Gasteiger partial charge in [0, 0.05) is 5.56 Å². The van der Waals surface area contributed by atoms with Gasteiger partial charge in [0.05, 0.1) is 19.3 Å². The van der Waals surface area contributed by atoms with Gasteiger partial charge in [-0.1, -0.05) is 19.1 Å². The van der Waals surface area contributed by atoms with Gasteiger partial charge < -0.3 is 4.74 Å². The SMILES string of the molecule is C[C@@H](CC(=O)OC(C)(C)C)c1cccc(F)c1COS(C)(=O)=O. The van der Waals surface area contributed by atoms with Crippen LogP contribution in [0.3, 0.4) is 0 Å². The van der Waals surface area contributed by atoms with Crippen molar-refractivity contribution in [3.8, 4) is 0 Å². The Hall–Kier alpha value is -1.47. The molecule has 23 heavy (non-hydrogen) atoms. The molecule has 0 aliphatic rings. The van der Waals surface area contributed by atoms with Gasteiger partial charge >= 0.3 is 5.97 Å². The van der Waals surface area contributed by atoms with Gasteiger partial charge in [-0.05, 0) is 38.3 Å². The number of hydrogen-bond donors (Lipinski definition) is 0. The normalized spacial score (nSPS) is 13.7. The lowest BCUT2D eigenvalue weighted by atomic mass is 9.93. The molecule has 0 saturated carbocycles. The molecule has 1 aromatic carbocycles. The van der Waals surface area contributed by atoms with E-state index < -0.39 is 34.1 Å². The number of esters is 1. The molecule has 1 atom stereocenters. The number of rotatable bonds is 6. The molecule has 0 aliphatic carbocycles. The van der Waals surface area contributed by atoms with Crippen molar-refractivity contribution in [3.05, 3.63) is 35.1 Å². The molecule has 1 aromatic rings. The van der Waals surface area contributed by atoms with Crippen LogP contribution in [0.1, 0.15) is 51.2 Å². The lowest BCUT2D eigenvalue weighted by molar-refractivity contribution is -0.155. The summed E-state index contributed by atoms with van der Waals surface area (Å²) in [6.45, 7) is 6.65. The fraction of sp³-hybridized carbons (Fsp3) is 0.562. The molecule has 0 heterocycles. The smallest absolute Gasteiger partial charge is 0.306 e. The third kappa shape index (κ3) is 7.09. The highest BCUT2D eigenvalue weighted by atomic mass is 32.2. The Kier molecular flexibility index (Phi) is 6.30. The first kappa shape index (κ1) is 19.6. The Morgan fingerprint density at radius 1 is 1.30 bits per heavy atom. The lowest BCUT2D eigenvalue weighted by Crippen LogP contribution is -2.24. The first-order valence-electron chi connectivity index (χ1n) is 7.22. The third-order valence-corrected chi connectivity index (χ3v) is 3.54. The number of carbonyl (C=O) groups is 1. The zero-order chi connectivity index (χ0) is 17.8. The Morgan fingerprint density at radius 2 is 1.91 bits per heavy atom. The topological polar surface area (TPSA) is 69.7 Å². The minimum atomic E-state index is -3.69. The van der Waals surface area contributed by atoms with E-state index in [0.717, 1.165) is 6.26 Å². The molecule has 0 bridgehead atoms. The maximum absolute atomic E-state index is 14.0. The van der Waals surface area contributed by atoms with E-state index in [-0.39, 0.29) is 17.9 Å². The summed E-state index contributed by atoms with van der Waals surface area (Å²) in [5.74, 6) is -1.30. The van der Waals surface area contributed by atoms with Crippen LogP contribution in [0, 0.1) is 5.82 Å². The van der Waals surface area contributed by atoms with Gasteiger partial charge in [-0.2, -0.15) is 8.42 Å². The van der Waals surface area contributed by atoms with Crippen molar-refractivity contribution >= 4 is 16.1 Å². The molecule has 0 fully saturated rings. The average molecular weight is 346 g/mol. The highest BCUT2D eigenvalue weighted by molar-refractivity contribution is 7.85. The van der Waals surface area contributed by atoms with Crippen molar-refractivity contribution in [3.63, 3.8) is 0 Å². The molecule has 130 valence electrons. The van der Waals surface area contributed by atoms with E-state index in [4.69, 9.17) is 4.74 Å². The minimum absolute atomic E-state index is 0.0621. The standard InChI is InChI=1S/C16H23FO5S/c1-11(9-15(18)22-16(2,3)4)12-7-6-8-14(17)13(12)10-21-23(5,19)20/h6-8,11H,9-10H2,1-5H3/t11-/m0/s1. The molecule has 0 N–H and O–H groups in total. The zero-order valence-corrected chi connectivity index (χ0v) is 14.9. The van der Waals surface area contributed by atoms with Crippen molar-refractivity contribution in [2.45, 2.75) is 52.2 Å². The molecule has 0 saturated heterocycles. The first-order valence-corrected chi connectivity index (χ1v) is 9.04. The summed E-state index contributed by atoms with van der Waals surface area (Å²) in [5.41, 5.74) is 0.0644. The van der Waals surface area contributed by atoms with Crippen LogP contribution in [0.5, 0.6) is 0 Å². The zero-order valence-electron chi connectivity index (χ0n) is 14.1. The van der Waals surface area contributed by atoms with Gasteiger partial charge in [0.1, 0.15) is 11.4 Å². The average Bonchev–Trinajstić information content (AvgIpc) is 2.33. The summed E-state index contributed by atoms with van der Waals surface area (Å²) in [6.07, 6.45) is 0.963. The van der Waals surface area contributed by atoms with Gasteiger partial charge in [-0.15, -0.1) is 0 Å². The largest absolute Gasteiger partial charge is 0.460 e. The summed E-state index contributed by atoms with van der Waals surface area (Å²) >= 11 is 0. The predicted octanol–water partition coefficient (Wildman–Crippen LogP) is 3.14. The number of benzene rings is 1. The Balaban J connectivity index is 2.94. The van der Waals surface area contributed by atoms with Crippen LogP contribution in [-0.4, -0.2) is 26.2 Å². The monoisotopic (exact) mass is 346 g/mol. The molecule has 0 amide bonds. The minimum Gasteiger partial charge on any atom is -0.460 e. The second-order valence-corrected chi connectivity index (χ2v) is 8.11. The lowest BCUT2D eigenvalue weighted by Gasteiger charge is -2.22. The van der Waals surface area contributed by atoms with Crippen molar-refractivity contribution < 1.29 is 26.5 Å². The van der Waals surface area contributed by atoms with E-state index >= 15 is 0 Å². The van der Waals surface area contributed by atoms with E-state index in [9.17, 15) is 17.6 Å². The second-order valence-electron chi connectivity index (χ2n) is 6.47. The van der Waals surface area contributed by atoms with Crippen LogP contribution >= 0.6 is 0 Å². The van der Waals surface area contributed by atoms with Gasteiger partial charge in [-0.25, -0.2) is 4.39 Å². The highest BCUT2D eigenvalue weighted by Gasteiger charge is 2.22. The van der Waals surface area contributed by atoms with Gasteiger partial charge in [0.2, 0.25) is 0 Å². The van der Waals surface area contributed by atoms with Crippen LogP contribution in [0.25, 0.3) is 0 Å². The van der Waals surface area contributed by atoms with E-state index in [2.05, 4.69) is 4.18 Å². The summed E-state index contributed by atoms with van der Waals surface area (Å²) < 4.78 is 46.2. The highest BCUT2D eigenvalue weighted by Crippen LogP contribution is 2.27. The predicted molar refractivity (Wildman–Crippen MR) is 84.9 cm³/mol. The second kappa shape index (κ2) is 7.40. The number of carbonyl (C=O) groups excluding carboxylic acids is 1. The van der Waals surface area contributed by atoms with Crippen molar-refractivity contribution in [2.75, 3.05) is 6.26 Å². The maximum atomic E-state index is 14.0. The van der Waals surface area contributed by atoms with Crippen molar-refractivity contribution in [1.82, 2.24) is 0 Å². The van der Waals surface area contributed by atoms with E-state index in [1.165, 1.54) is 12.1 Å². The summed E-state index contributed by atoms with van der Waals surface area (Å²) in [4.78, 5) is 11.9. The molecule has 0 radical (unpaired) electrons. The van der Waals surface area contributed by atoms with Crippen molar-refractivity contribution in [1.29, 1.82) is 0 Å². The molecular weight excluding hydrogens is 323 g/mol. The van der Waals surface area contributed by atoms with E-state index in [0.29, 0.717) is 5.56 Å². The van der Waals surface area contributed by atoms with E-state index in [1.807, 2.05) is 0 Å². The fourth-order valence-corrected chi connectivity index (χ4v) is 2.43. The Morgan fingerprint density at radius 3 is 2.43 bits per heavy atom. The fourth-order valence-electron chi connectivity index (χ4n) is 2.10. The Labute approximate surface area is 136 Å². The van der Waals surface area contributed by atoms with Gasteiger partial charge in [0.15, 0.2) is 0 Å². The first-order chi connectivity index (χ1) is 10.4. The molecule has 0 aromatic heterocycles. The van der Waals surface area contributed by atoms with Gasteiger partial charge in [0.25, 0.3) is 10.1 Å².